The number of fused-ring (bicyclic) bond motifs is 1. The Kier molecular flexibility index (Phi) is 5.66. The molecule has 0 unspecified atom stereocenters. The van der Waals surface area contributed by atoms with Crippen LogP contribution in [0.4, 0.5) is 13.2 Å². The Hall–Kier alpha value is -2.64. The molecule has 0 radical (unpaired) electrons. The van der Waals surface area contributed by atoms with Crippen LogP contribution in [-0.4, -0.2) is 42.0 Å². The van der Waals surface area contributed by atoms with E-state index in [0.717, 1.165) is 25.9 Å². The van der Waals surface area contributed by atoms with Gasteiger partial charge < -0.3 is 10.2 Å². The van der Waals surface area contributed by atoms with E-state index in [1.807, 2.05) is 7.05 Å². The van der Waals surface area contributed by atoms with Crippen LogP contribution in [0, 0.1) is 17.5 Å². The molecule has 0 spiro atoms. The van der Waals surface area contributed by atoms with Gasteiger partial charge in [0, 0.05) is 40.7 Å². The van der Waals surface area contributed by atoms with E-state index in [-0.39, 0.29) is 22.7 Å². The molecule has 30 heavy (non-hydrogen) atoms. The summed E-state index contributed by atoms with van der Waals surface area (Å²) in [5.41, 5.74) is -0.182. The van der Waals surface area contributed by atoms with E-state index >= 15 is 0 Å². The highest BCUT2D eigenvalue weighted by atomic mass is 35.5. The van der Waals surface area contributed by atoms with E-state index < -0.39 is 23.0 Å². The SMILES string of the molecule is CN1CCC(NC(=O)c2ccc3c(Cl)cnc(-c4c(F)cc(F)cc4F)c3c2)CC1. The zero-order valence-electron chi connectivity index (χ0n) is 16.2. The lowest BCUT2D eigenvalue weighted by molar-refractivity contribution is 0.0917. The number of pyridine rings is 1. The van der Waals surface area contributed by atoms with Crippen molar-refractivity contribution in [2.45, 2.75) is 18.9 Å². The Labute approximate surface area is 176 Å². The molecule has 1 amide bonds. The zero-order valence-corrected chi connectivity index (χ0v) is 16.9. The first-order valence-electron chi connectivity index (χ1n) is 9.56. The van der Waals surface area contributed by atoms with Gasteiger partial charge >= 0.3 is 0 Å². The molecule has 2 heterocycles. The molecule has 1 aromatic heterocycles. The summed E-state index contributed by atoms with van der Waals surface area (Å²) < 4.78 is 42.1. The Balaban J connectivity index is 1.75. The Morgan fingerprint density at radius 2 is 1.77 bits per heavy atom. The lowest BCUT2D eigenvalue weighted by atomic mass is 10.00. The highest BCUT2D eigenvalue weighted by molar-refractivity contribution is 6.35. The highest BCUT2D eigenvalue weighted by Gasteiger charge is 2.22. The number of amides is 1. The number of carbonyl (C=O) groups is 1. The Morgan fingerprint density at radius 3 is 2.43 bits per heavy atom. The number of hydrogen-bond donors (Lipinski definition) is 1. The Morgan fingerprint density at radius 1 is 1.10 bits per heavy atom. The molecule has 3 aromatic rings. The number of likely N-dealkylation sites (tertiary alicyclic amines) is 1. The van der Waals surface area contributed by atoms with Crippen LogP contribution in [0.3, 0.4) is 0 Å². The van der Waals surface area contributed by atoms with E-state index in [0.29, 0.717) is 28.5 Å². The molecule has 0 saturated carbocycles. The second-order valence-corrected chi connectivity index (χ2v) is 7.92. The Bertz CT molecular complexity index is 1110. The molecule has 0 atom stereocenters. The molecule has 1 aliphatic rings. The van der Waals surface area contributed by atoms with Crippen LogP contribution in [0.25, 0.3) is 22.0 Å². The van der Waals surface area contributed by atoms with Crippen LogP contribution in [0.15, 0.2) is 36.5 Å². The molecule has 1 saturated heterocycles. The maximum atomic E-state index is 14.4. The maximum Gasteiger partial charge on any atom is 0.251 e. The van der Waals surface area contributed by atoms with Crippen molar-refractivity contribution in [2.75, 3.05) is 20.1 Å². The van der Waals surface area contributed by atoms with E-state index in [1.165, 1.54) is 12.3 Å². The van der Waals surface area contributed by atoms with Gasteiger partial charge in [0.25, 0.3) is 5.91 Å². The van der Waals surface area contributed by atoms with Gasteiger partial charge in [0.1, 0.15) is 17.5 Å². The van der Waals surface area contributed by atoms with Crippen LogP contribution in [0.5, 0.6) is 0 Å². The minimum atomic E-state index is -1.08. The van der Waals surface area contributed by atoms with E-state index in [2.05, 4.69) is 15.2 Å². The number of rotatable bonds is 3. The molecule has 4 nitrogen and oxygen atoms in total. The summed E-state index contributed by atoms with van der Waals surface area (Å²) in [6.07, 6.45) is 2.97. The lowest BCUT2D eigenvalue weighted by Crippen LogP contribution is -2.43. The average Bonchev–Trinajstić information content (AvgIpc) is 2.70. The summed E-state index contributed by atoms with van der Waals surface area (Å²) in [4.78, 5) is 19.1. The number of halogens is 4. The van der Waals surface area contributed by atoms with Gasteiger partial charge in [0.15, 0.2) is 0 Å². The van der Waals surface area contributed by atoms with Gasteiger partial charge in [-0.2, -0.15) is 0 Å². The fourth-order valence-electron chi connectivity index (χ4n) is 3.74. The van der Waals surface area contributed by atoms with Crippen molar-refractivity contribution in [2.24, 2.45) is 0 Å². The largest absolute Gasteiger partial charge is 0.349 e. The molecule has 0 bridgehead atoms. The smallest absolute Gasteiger partial charge is 0.251 e. The number of hydrogen-bond acceptors (Lipinski definition) is 3. The summed E-state index contributed by atoms with van der Waals surface area (Å²) >= 11 is 6.21. The molecular weight excluding hydrogens is 415 g/mol. The standard InChI is InChI=1S/C22H19ClF3N3O/c1-29-6-4-14(5-7-29)28-22(30)12-2-3-15-16(8-12)21(27-11-17(15)23)20-18(25)9-13(24)10-19(20)26/h2-3,8-11,14H,4-7H2,1H3,(H,28,30). The van der Waals surface area contributed by atoms with Crippen LogP contribution in [0.2, 0.25) is 5.02 Å². The fraction of sp³-hybridized carbons (Fsp3) is 0.273. The van der Waals surface area contributed by atoms with Gasteiger partial charge in [0.05, 0.1) is 16.3 Å². The predicted molar refractivity (Wildman–Crippen MR) is 110 cm³/mol. The molecule has 4 rings (SSSR count). The molecule has 156 valence electrons. The highest BCUT2D eigenvalue weighted by Crippen LogP contribution is 2.34. The number of carbonyl (C=O) groups excluding carboxylic acids is 1. The van der Waals surface area contributed by atoms with Crippen molar-refractivity contribution in [3.05, 3.63) is 64.6 Å². The second kappa shape index (κ2) is 8.24. The average molecular weight is 434 g/mol. The summed E-state index contributed by atoms with van der Waals surface area (Å²) in [6, 6.07) is 5.99. The quantitative estimate of drug-likeness (QED) is 0.645. The molecule has 1 N–H and O–H groups in total. The van der Waals surface area contributed by atoms with Crippen molar-refractivity contribution in [1.29, 1.82) is 0 Å². The van der Waals surface area contributed by atoms with E-state index in [4.69, 9.17) is 11.6 Å². The first-order valence-corrected chi connectivity index (χ1v) is 9.94. The van der Waals surface area contributed by atoms with Gasteiger partial charge in [-0.3, -0.25) is 9.78 Å². The van der Waals surface area contributed by atoms with Crippen LogP contribution in [-0.2, 0) is 0 Å². The third kappa shape index (κ3) is 4.00. The summed E-state index contributed by atoms with van der Waals surface area (Å²) in [5.74, 6) is -3.46. The second-order valence-electron chi connectivity index (χ2n) is 7.51. The monoisotopic (exact) mass is 433 g/mol. The maximum absolute atomic E-state index is 14.4. The number of piperidine rings is 1. The lowest BCUT2D eigenvalue weighted by Gasteiger charge is -2.29. The van der Waals surface area contributed by atoms with Crippen molar-refractivity contribution in [3.63, 3.8) is 0 Å². The molecule has 2 aromatic carbocycles. The van der Waals surface area contributed by atoms with E-state index in [9.17, 15) is 18.0 Å². The zero-order chi connectivity index (χ0) is 21.4. The summed E-state index contributed by atoms with van der Waals surface area (Å²) in [6.45, 7) is 1.80. The van der Waals surface area contributed by atoms with Crippen molar-refractivity contribution < 1.29 is 18.0 Å². The molecule has 8 heteroatoms. The minimum absolute atomic E-state index is 0.0432. The van der Waals surface area contributed by atoms with Crippen LogP contribution in [0.1, 0.15) is 23.2 Å². The third-order valence-electron chi connectivity index (χ3n) is 5.40. The van der Waals surface area contributed by atoms with E-state index in [1.54, 1.807) is 12.1 Å². The molecule has 1 aliphatic heterocycles. The normalized spacial score (nSPS) is 15.5. The van der Waals surface area contributed by atoms with Gasteiger partial charge in [-0.15, -0.1) is 0 Å². The van der Waals surface area contributed by atoms with Crippen molar-refractivity contribution in [3.8, 4) is 11.3 Å². The number of nitrogens with one attached hydrogen (secondary N) is 1. The van der Waals surface area contributed by atoms with Gasteiger partial charge in [-0.1, -0.05) is 17.7 Å². The summed E-state index contributed by atoms with van der Waals surface area (Å²) in [7, 11) is 2.04. The van der Waals surface area contributed by atoms with Gasteiger partial charge in [0.2, 0.25) is 0 Å². The fourth-order valence-corrected chi connectivity index (χ4v) is 3.95. The first-order chi connectivity index (χ1) is 14.3. The number of aromatic nitrogens is 1. The number of nitrogens with zero attached hydrogens (tertiary/aromatic N) is 2. The van der Waals surface area contributed by atoms with Crippen LogP contribution >= 0.6 is 11.6 Å². The van der Waals surface area contributed by atoms with Crippen LogP contribution < -0.4 is 5.32 Å². The van der Waals surface area contributed by atoms with Gasteiger partial charge in [-0.25, -0.2) is 13.2 Å². The number of benzene rings is 2. The minimum Gasteiger partial charge on any atom is -0.349 e. The predicted octanol–water partition coefficient (Wildman–Crippen LogP) is 4.80. The molecule has 0 aliphatic carbocycles. The summed E-state index contributed by atoms with van der Waals surface area (Å²) in [5, 5.41) is 4.08. The van der Waals surface area contributed by atoms with Gasteiger partial charge in [-0.05, 0) is 45.1 Å². The third-order valence-corrected chi connectivity index (χ3v) is 5.70. The molecule has 1 fully saturated rings. The van der Waals surface area contributed by atoms with Crippen molar-refractivity contribution >= 4 is 28.3 Å². The molecular formula is C22H19ClF3N3O. The topological polar surface area (TPSA) is 45.2 Å². The first kappa shape index (κ1) is 20.6. The van der Waals surface area contributed by atoms with Crippen molar-refractivity contribution in [1.82, 2.24) is 15.2 Å².